The molecule has 1 heterocycles. The molecule has 0 radical (unpaired) electrons. The first-order chi connectivity index (χ1) is 10.9. The number of hydrogen-bond donors (Lipinski definition) is 0. The van der Waals surface area contributed by atoms with E-state index < -0.39 is 0 Å². The van der Waals surface area contributed by atoms with Crippen LogP contribution in [-0.2, 0) is 0 Å². The van der Waals surface area contributed by atoms with Crippen LogP contribution in [0.3, 0.4) is 0 Å². The Hall–Kier alpha value is -2.22. The van der Waals surface area contributed by atoms with Gasteiger partial charge in [-0.05, 0) is 48.6 Å². The van der Waals surface area contributed by atoms with Crippen molar-refractivity contribution in [3.8, 4) is 5.75 Å². The third kappa shape index (κ3) is 3.51. The van der Waals surface area contributed by atoms with Crippen LogP contribution in [0.4, 0.5) is 0 Å². The Balaban J connectivity index is 1.94. The lowest BCUT2D eigenvalue weighted by Gasteiger charge is -2.31. The molecule has 0 atom stereocenters. The number of hydrogen-bond acceptors (Lipinski definition) is 2. The van der Waals surface area contributed by atoms with Gasteiger partial charge in [0, 0.05) is 18.8 Å². The summed E-state index contributed by atoms with van der Waals surface area (Å²) in [5, 5.41) is 0. The van der Waals surface area contributed by atoms with Gasteiger partial charge in [0.1, 0.15) is 5.75 Å². The quantitative estimate of drug-likeness (QED) is 0.759. The Morgan fingerprint density at radius 1 is 0.909 bits per heavy atom. The highest BCUT2D eigenvalue weighted by atomic mass is 16.5. The van der Waals surface area contributed by atoms with Crippen LogP contribution in [0.15, 0.2) is 54.6 Å². The summed E-state index contributed by atoms with van der Waals surface area (Å²) in [6.07, 6.45) is 6.21. The summed E-state index contributed by atoms with van der Waals surface area (Å²) >= 11 is 0. The van der Waals surface area contributed by atoms with Crippen molar-refractivity contribution in [2.45, 2.75) is 19.3 Å². The van der Waals surface area contributed by atoms with Gasteiger partial charge in [-0.25, -0.2) is 0 Å². The first kappa shape index (κ1) is 14.7. The lowest BCUT2D eigenvalue weighted by Crippen LogP contribution is -2.28. The zero-order valence-electron chi connectivity index (χ0n) is 13.2. The van der Waals surface area contributed by atoms with E-state index in [0.29, 0.717) is 0 Å². The van der Waals surface area contributed by atoms with Gasteiger partial charge < -0.3 is 9.64 Å². The molecule has 2 nitrogen and oxygen atoms in total. The zero-order valence-corrected chi connectivity index (χ0v) is 13.2. The first-order valence-electron chi connectivity index (χ1n) is 8.03. The maximum Gasteiger partial charge on any atom is 0.118 e. The maximum absolute atomic E-state index is 5.24. The van der Waals surface area contributed by atoms with Crippen LogP contribution in [0.25, 0.3) is 11.8 Å². The minimum atomic E-state index is 0.899. The summed E-state index contributed by atoms with van der Waals surface area (Å²) in [5.74, 6) is 0.899. The highest BCUT2D eigenvalue weighted by molar-refractivity contribution is 5.80. The molecule has 22 heavy (non-hydrogen) atoms. The highest BCUT2D eigenvalue weighted by Crippen LogP contribution is 2.26. The lowest BCUT2D eigenvalue weighted by molar-refractivity contribution is 0.327. The minimum Gasteiger partial charge on any atom is -0.497 e. The maximum atomic E-state index is 5.24. The topological polar surface area (TPSA) is 12.5 Å². The molecule has 0 aliphatic carbocycles. The van der Waals surface area contributed by atoms with E-state index >= 15 is 0 Å². The van der Waals surface area contributed by atoms with Crippen LogP contribution in [0, 0.1) is 0 Å². The largest absolute Gasteiger partial charge is 0.497 e. The molecule has 2 aromatic rings. The van der Waals surface area contributed by atoms with Gasteiger partial charge in [0.25, 0.3) is 0 Å². The van der Waals surface area contributed by atoms with Crippen molar-refractivity contribution in [3.05, 3.63) is 65.7 Å². The van der Waals surface area contributed by atoms with E-state index in [1.54, 1.807) is 7.11 Å². The van der Waals surface area contributed by atoms with Crippen LogP contribution in [0.5, 0.6) is 5.75 Å². The average molecular weight is 293 g/mol. The van der Waals surface area contributed by atoms with E-state index in [1.165, 1.54) is 36.1 Å². The van der Waals surface area contributed by atoms with Crippen LogP contribution < -0.4 is 4.74 Å². The molecule has 2 heteroatoms. The van der Waals surface area contributed by atoms with Gasteiger partial charge >= 0.3 is 0 Å². The van der Waals surface area contributed by atoms with Crippen LogP contribution >= 0.6 is 0 Å². The molecule has 0 amide bonds. The second kappa shape index (κ2) is 7.17. The summed E-state index contributed by atoms with van der Waals surface area (Å²) in [4.78, 5) is 2.52. The summed E-state index contributed by atoms with van der Waals surface area (Å²) in [6, 6.07) is 19.0. The van der Waals surface area contributed by atoms with Crippen LogP contribution in [0.2, 0.25) is 0 Å². The first-order valence-corrected chi connectivity index (χ1v) is 8.03. The van der Waals surface area contributed by atoms with Gasteiger partial charge in [0.05, 0.1) is 7.11 Å². The van der Waals surface area contributed by atoms with Gasteiger partial charge in [-0.15, -0.1) is 0 Å². The third-order valence-electron chi connectivity index (χ3n) is 4.19. The molecule has 114 valence electrons. The van der Waals surface area contributed by atoms with E-state index in [9.17, 15) is 0 Å². The number of rotatable bonds is 4. The van der Waals surface area contributed by atoms with E-state index in [4.69, 9.17) is 4.74 Å². The van der Waals surface area contributed by atoms with Crippen molar-refractivity contribution in [3.63, 3.8) is 0 Å². The lowest BCUT2D eigenvalue weighted by atomic mass is 10.0. The van der Waals surface area contributed by atoms with E-state index in [0.717, 1.165) is 18.8 Å². The van der Waals surface area contributed by atoms with Crippen molar-refractivity contribution < 1.29 is 4.74 Å². The van der Waals surface area contributed by atoms with E-state index in [1.807, 2.05) is 12.1 Å². The molecule has 0 saturated carbocycles. The molecule has 0 bridgehead atoms. The molecule has 3 rings (SSSR count). The number of benzene rings is 2. The predicted molar refractivity (Wildman–Crippen MR) is 92.7 cm³/mol. The van der Waals surface area contributed by atoms with Crippen LogP contribution in [-0.4, -0.2) is 25.1 Å². The van der Waals surface area contributed by atoms with Crippen molar-refractivity contribution in [1.82, 2.24) is 4.90 Å². The SMILES string of the molecule is COc1ccc(/C=C(/c2ccccc2)N2CCCCC2)cc1. The average Bonchev–Trinajstić information content (AvgIpc) is 2.62. The molecular formula is C20H23NO. The molecule has 0 N–H and O–H groups in total. The third-order valence-corrected chi connectivity index (χ3v) is 4.19. The Labute approximate surface area is 133 Å². The molecule has 1 aliphatic rings. The molecule has 2 aromatic carbocycles. The Morgan fingerprint density at radius 3 is 2.23 bits per heavy atom. The smallest absolute Gasteiger partial charge is 0.118 e. The van der Waals surface area contributed by atoms with Gasteiger partial charge in [-0.2, -0.15) is 0 Å². The molecule has 0 spiro atoms. The number of methoxy groups -OCH3 is 1. The van der Waals surface area contributed by atoms with Crippen molar-refractivity contribution in [2.24, 2.45) is 0 Å². The highest BCUT2D eigenvalue weighted by Gasteiger charge is 2.14. The fourth-order valence-corrected chi connectivity index (χ4v) is 2.96. The number of likely N-dealkylation sites (tertiary alicyclic amines) is 1. The Bertz CT molecular complexity index is 610. The molecule has 0 unspecified atom stereocenters. The van der Waals surface area contributed by atoms with Crippen molar-refractivity contribution in [2.75, 3.05) is 20.2 Å². The van der Waals surface area contributed by atoms with Gasteiger partial charge in [0.15, 0.2) is 0 Å². The monoisotopic (exact) mass is 293 g/mol. The van der Waals surface area contributed by atoms with Crippen molar-refractivity contribution in [1.29, 1.82) is 0 Å². The second-order valence-corrected chi connectivity index (χ2v) is 5.72. The van der Waals surface area contributed by atoms with Crippen LogP contribution in [0.1, 0.15) is 30.4 Å². The summed E-state index contributed by atoms with van der Waals surface area (Å²) in [6.45, 7) is 2.30. The molecule has 1 aliphatic heterocycles. The zero-order chi connectivity index (χ0) is 15.2. The predicted octanol–water partition coefficient (Wildman–Crippen LogP) is 4.68. The normalized spacial score (nSPS) is 15.7. The number of ether oxygens (including phenoxy) is 1. The van der Waals surface area contributed by atoms with Crippen molar-refractivity contribution >= 4 is 11.8 Å². The van der Waals surface area contributed by atoms with Gasteiger partial charge in [-0.1, -0.05) is 42.5 Å². The molecule has 1 fully saturated rings. The van der Waals surface area contributed by atoms with E-state index in [2.05, 4.69) is 53.4 Å². The Morgan fingerprint density at radius 2 is 1.59 bits per heavy atom. The summed E-state index contributed by atoms with van der Waals surface area (Å²) in [7, 11) is 1.70. The Kier molecular flexibility index (Phi) is 4.79. The fraction of sp³-hybridized carbons (Fsp3) is 0.300. The molecule has 0 aromatic heterocycles. The van der Waals surface area contributed by atoms with Gasteiger partial charge in [-0.3, -0.25) is 0 Å². The fourth-order valence-electron chi connectivity index (χ4n) is 2.96. The van der Waals surface area contributed by atoms with E-state index in [-0.39, 0.29) is 0 Å². The summed E-state index contributed by atoms with van der Waals surface area (Å²) in [5.41, 5.74) is 3.83. The second-order valence-electron chi connectivity index (χ2n) is 5.72. The standard InChI is InChI=1S/C20H23NO/c1-22-19-12-10-17(11-13-19)16-20(18-8-4-2-5-9-18)21-14-6-3-7-15-21/h2,4-5,8-13,16H,3,6-7,14-15H2,1H3/b20-16-. The molecule has 1 saturated heterocycles. The number of piperidine rings is 1. The van der Waals surface area contributed by atoms with Gasteiger partial charge in [0.2, 0.25) is 0 Å². The number of nitrogens with zero attached hydrogens (tertiary/aromatic N) is 1. The summed E-state index contributed by atoms with van der Waals surface area (Å²) < 4.78 is 5.24. The minimum absolute atomic E-state index is 0.899. The molecular weight excluding hydrogens is 270 g/mol.